The first-order valence-electron chi connectivity index (χ1n) is 19.9. The van der Waals surface area contributed by atoms with Crippen molar-refractivity contribution in [2.24, 2.45) is 0 Å². The van der Waals surface area contributed by atoms with Gasteiger partial charge in [-0.25, -0.2) is 0 Å². The average Bonchev–Trinajstić information content (AvgIpc) is 3.89. The highest BCUT2D eigenvalue weighted by Crippen LogP contribution is 2.41. The van der Waals surface area contributed by atoms with Gasteiger partial charge in [-0.2, -0.15) is 0 Å². The van der Waals surface area contributed by atoms with Crippen molar-refractivity contribution in [3.63, 3.8) is 0 Å². The molecule has 11 rings (SSSR count). The summed E-state index contributed by atoms with van der Waals surface area (Å²) in [5, 5.41) is 4.53. The predicted molar refractivity (Wildman–Crippen MR) is 248 cm³/mol. The van der Waals surface area contributed by atoms with Crippen molar-refractivity contribution in [1.29, 1.82) is 0 Å². The summed E-state index contributed by atoms with van der Waals surface area (Å²) in [5.74, 6) is 0. The van der Waals surface area contributed by atoms with E-state index in [4.69, 9.17) is 8.83 Å². The lowest BCUT2D eigenvalue weighted by atomic mass is 9.98. The third-order valence-corrected chi connectivity index (χ3v) is 11.5. The number of furan rings is 2. The fraction of sp³-hybridized carbons (Fsp3) is 0. The Bertz CT molecular complexity index is 3300. The SMILES string of the molecule is C=Cc1ccc(-c2ccc(N(c3ccc(-c4ccc(-c5cccc6c5oc5ccccc56)cc4)cc3)c3ccc(-c4cccc5c4oc4ccccc45)cc3)cc2)cc1. The highest BCUT2D eigenvalue weighted by molar-refractivity contribution is 6.10. The molecule has 2 aromatic heterocycles. The van der Waals surface area contributed by atoms with Crippen LogP contribution in [0.15, 0.2) is 222 Å². The fourth-order valence-corrected chi connectivity index (χ4v) is 8.45. The second-order valence-electron chi connectivity index (χ2n) is 14.9. The Hall–Kier alpha value is -7.88. The van der Waals surface area contributed by atoms with Gasteiger partial charge >= 0.3 is 0 Å². The highest BCUT2D eigenvalue weighted by Gasteiger charge is 2.17. The number of para-hydroxylation sites is 4. The fourth-order valence-electron chi connectivity index (χ4n) is 8.45. The van der Waals surface area contributed by atoms with Crippen LogP contribution in [0.2, 0.25) is 0 Å². The molecule has 0 aliphatic heterocycles. The van der Waals surface area contributed by atoms with Crippen LogP contribution < -0.4 is 4.90 Å². The van der Waals surface area contributed by atoms with E-state index in [-0.39, 0.29) is 0 Å². The Morgan fingerprint density at radius 2 is 0.661 bits per heavy atom. The lowest BCUT2D eigenvalue weighted by Gasteiger charge is -2.26. The smallest absolute Gasteiger partial charge is 0.143 e. The van der Waals surface area contributed by atoms with E-state index in [2.05, 4.69) is 193 Å². The van der Waals surface area contributed by atoms with Crippen LogP contribution in [-0.4, -0.2) is 0 Å². The second-order valence-corrected chi connectivity index (χ2v) is 14.9. The molecule has 0 bridgehead atoms. The van der Waals surface area contributed by atoms with Gasteiger partial charge in [-0.05, 0) is 87.5 Å². The van der Waals surface area contributed by atoms with Crippen LogP contribution in [0.25, 0.3) is 94.5 Å². The number of anilines is 3. The van der Waals surface area contributed by atoms with Crippen LogP contribution >= 0.6 is 0 Å². The molecule has 3 heteroatoms. The summed E-state index contributed by atoms with van der Waals surface area (Å²) in [7, 11) is 0. The van der Waals surface area contributed by atoms with E-state index in [0.717, 1.165) is 105 Å². The molecule has 0 amide bonds. The highest BCUT2D eigenvalue weighted by atomic mass is 16.3. The summed E-state index contributed by atoms with van der Waals surface area (Å²) in [6, 6.07) is 73.0. The minimum Gasteiger partial charge on any atom is -0.455 e. The molecule has 0 spiro atoms. The minimum atomic E-state index is 0.900. The van der Waals surface area contributed by atoms with E-state index in [1.807, 2.05) is 30.3 Å². The van der Waals surface area contributed by atoms with E-state index in [9.17, 15) is 0 Å². The zero-order valence-corrected chi connectivity index (χ0v) is 32.2. The topological polar surface area (TPSA) is 29.5 Å². The molecule has 0 unspecified atom stereocenters. The molecule has 0 fully saturated rings. The third-order valence-electron chi connectivity index (χ3n) is 11.5. The summed E-state index contributed by atoms with van der Waals surface area (Å²) >= 11 is 0. The van der Waals surface area contributed by atoms with Gasteiger partial charge in [-0.1, -0.05) is 170 Å². The lowest BCUT2D eigenvalue weighted by molar-refractivity contribution is 0.669. The van der Waals surface area contributed by atoms with E-state index in [1.54, 1.807) is 0 Å². The van der Waals surface area contributed by atoms with Crippen LogP contribution in [0.3, 0.4) is 0 Å². The third kappa shape index (κ3) is 6.08. The molecule has 59 heavy (non-hydrogen) atoms. The Morgan fingerprint density at radius 1 is 0.322 bits per heavy atom. The quantitative estimate of drug-likeness (QED) is 0.155. The number of hydrogen-bond donors (Lipinski definition) is 0. The van der Waals surface area contributed by atoms with E-state index >= 15 is 0 Å². The molecular weight excluding hydrogens is 719 g/mol. The Morgan fingerprint density at radius 3 is 1.08 bits per heavy atom. The van der Waals surface area contributed by atoms with Gasteiger partial charge < -0.3 is 13.7 Å². The molecule has 0 aliphatic rings. The number of benzene rings is 9. The number of rotatable bonds is 8. The van der Waals surface area contributed by atoms with Crippen molar-refractivity contribution in [3.05, 3.63) is 218 Å². The molecule has 0 saturated carbocycles. The van der Waals surface area contributed by atoms with Crippen molar-refractivity contribution in [1.82, 2.24) is 0 Å². The molecule has 0 radical (unpaired) electrons. The van der Waals surface area contributed by atoms with Crippen LogP contribution in [0.1, 0.15) is 5.56 Å². The van der Waals surface area contributed by atoms with Crippen molar-refractivity contribution >= 4 is 67.0 Å². The largest absolute Gasteiger partial charge is 0.455 e. The molecule has 0 atom stereocenters. The first kappa shape index (κ1) is 34.4. The maximum atomic E-state index is 6.40. The van der Waals surface area contributed by atoms with Crippen molar-refractivity contribution in [2.75, 3.05) is 4.90 Å². The van der Waals surface area contributed by atoms with Crippen LogP contribution in [0, 0.1) is 0 Å². The van der Waals surface area contributed by atoms with Gasteiger partial charge in [-0.3, -0.25) is 0 Å². The van der Waals surface area contributed by atoms with Gasteiger partial charge in [0.1, 0.15) is 22.3 Å². The van der Waals surface area contributed by atoms with Crippen molar-refractivity contribution < 1.29 is 8.83 Å². The summed E-state index contributed by atoms with van der Waals surface area (Å²) < 4.78 is 12.7. The Kier molecular flexibility index (Phi) is 8.30. The van der Waals surface area contributed by atoms with Gasteiger partial charge in [0.25, 0.3) is 0 Å². The van der Waals surface area contributed by atoms with Gasteiger partial charge in [-0.15, -0.1) is 0 Å². The van der Waals surface area contributed by atoms with Gasteiger partial charge in [0, 0.05) is 49.7 Å². The molecule has 278 valence electrons. The van der Waals surface area contributed by atoms with E-state index in [1.165, 1.54) is 5.56 Å². The van der Waals surface area contributed by atoms with E-state index in [0.29, 0.717) is 0 Å². The summed E-state index contributed by atoms with van der Waals surface area (Å²) in [4.78, 5) is 2.32. The summed E-state index contributed by atoms with van der Waals surface area (Å²) in [5.41, 5.74) is 17.0. The van der Waals surface area contributed by atoms with Crippen molar-refractivity contribution in [3.8, 4) is 44.5 Å². The molecule has 0 aliphatic carbocycles. The first-order chi connectivity index (χ1) is 29.2. The number of fused-ring (bicyclic) bond motifs is 6. The molecule has 0 N–H and O–H groups in total. The van der Waals surface area contributed by atoms with Crippen LogP contribution in [0.5, 0.6) is 0 Å². The molecule has 2 heterocycles. The summed E-state index contributed by atoms with van der Waals surface area (Å²) in [6.45, 7) is 3.91. The monoisotopic (exact) mass is 755 g/mol. The number of nitrogens with zero attached hydrogens (tertiary/aromatic N) is 1. The predicted octanol–water partition coefficient (Wildman–Crippen LogP) is 16.3. The standard InChI is InChI=1S/C56H37NO2/c1-2-37-17-19-38(20-18-37)40-25-31-44(32-26-40)57(46-35-29-43(30-36-46)48-12-8-14-52-50-10-4-6-16-54(50)59-56(48)52)45-33-27-41(28-34-45)39-21-23-42(24-22-39)47-11-7-13-51-49-9-3-5-15-53(49)58-55(47)51/h2-36H,1H2. The number of hydrogen-bond acceptors (Lipinski definition) is 3. The first-order valence-corrected chi connectivity index (χ1v) is 19.9. The molecular formula is C56H37NO2. The van der Waals surface area contributed by atoms with Gasteiger partial charge in [0.15, 0.2) is 0 Å². The maximum Gasteiger partial charge on any atom is 0.143 e. The van der Waals surface area contributed by atoms with Gasteiger partial charge in [0.2, 0.25) is 0 Å². The van der Waals surface area contributed by atoms with Crippen molar-refractivity contribution in [2.45, 2.75) is 0 Å². The lowest BCUT2D eigenvalue weighted by Crippen LogP contribution is -2.09. The normalized spacial score (nSPS) is 11.5. The summed E-state index contributed by atoms with van der Waals surface area (Å²) in [6.07, 6.45) is 1.87. The second kappa shape index (κ2) is 14.3. The molecule has 9 aromatic carbocycles. The zero-order chi connectivity index (χ0) is 39.3. The van der Waals surface area contributed by atoms with Crippen LogP contribution in [-0.2, 0) is 0 Å². The van der Waals surface area contributed by atoms with Crippen LogP contribution in [0.4, 0.5) is 17.1 Å². The maximum absolute atomic E-state index is 6.40. The van der Waals surface area contributed by atoms with Gasteiger partial charge in [0.05, 0.1) is 0 Å². The molecule has 0 saturated heterocycles. The molecule has 3 nitrogen and oxygen atoms in total. The van der Waals surface area contributed by atoms with E-state index < -0.39 is 0 Å². The Balaban J connectivity index is 0.935. The Labute approximate surface area is 342 Å². The average molecular weight is 756 g/mol. The molecule has 11 aromatic rings. The minimum absolute atomic E-state index is 0.900. The zero-order valence-electron chi connectivity index (χ0n) is 32.2.